The number of benzene rings is 2. The van der Waals surface area contributed by atoms with Gasteiger partial charge in [-0.25, -0.2) is 4.98 Å². The minimum atomic E-state index is -0.289. The van der Waals surface area contributed by atoms with Crippen LogP contribution in [0.25, 0.3) is 0 Å². The molecule has 0 aliphatic heterocycles. The van der Waals surface area contributed by atoms with Crippen LogP contribution < -0.4 is 14.5 Å². The number of anilines is 2. The summed E-state index contributed by atoms with van der Waals surface area (Å²) >= 11 is 0. The van der Waals surface area contributed by atoms with Gasteiger partial charge in [0.2, 0.25) is 0 Å². The Morgan fingerprint density at radius 1 is 0.750 bits per heavy atom. The smallest absolute Gasteiger partial charge is 0.277 e. The summed E-state index contributed by atoms with van der Waals surface area (Å²) < 4.78 is 5.38. The third-order valence-corrected chi connectivity index (χ3v) is 5.29. The zero-order valence-electron chi connectivity index (χ0n) is 19.3. The maximum Gasteiger partial charge on any atom is 0.277 e. The van der Waals surface area contributed by atoms with Gasteiger partial charge in [0.05, 0.1) is 7.11 Å². The molecule has 0 spiro atoms. The van der Waals surface area contributed by atoms with E-state index in [9.17, 15) is 9.59 Å². The topological polar surface area (TPSA) is 62.7 Å². The number of rotatable bonds is 7. The van der Waals surface area contributed by atoms with Crippen LogP contribution in [0.2, 0.25) is 0 Å². The minimum Gasteiger partial charge on any atom is -0.497 e. The van der Waals surface area contributed by atoms with Gasteiger partial charge in [0.25, 0.3) is 11.8 Å². The monoisotopic (exact) mass is 431 g/mol. The number of nitrogens with zero attached hydrogens (tertiary/aromatic N) is 3. The number of hydrogen-bond donors (Lipinski definition) is 0. The Hall–Kier alpha value is -3.67. The molecule has 1 aromatic heterocycles. The molecule has 32 heavy (non-hydrogen) atoms. The van der Waals surface area contributed by atoms with Crippen molar-refractivity contribution < 1.29 is 14.3 Å². The predicted molar refractivity (Wildman–Crippen MR) is 128 cm³/mol. The van der Waals surface area contributed by atoms with Crippen molar-refractivity contribution in [3.63, 3.8) is 0 Å². The SMILES string of the molecule is CCN(C(=O)c1cc(OC)cc(C(=O)N(CC)c2ccc(C)cc2)n1)c1ccc(C)cc1. The summed E-state index contributed by atoms with van der Waals surface area (Å²) in [7, 11) is 1.51. The van der Waals surface area contributed by atoms with E-state index in [2.05, 4.69) is 4.98 Å². The number of ether oxygens (including phenoxy) is 1. The molecule has 3 rings (SSSR count). The summed E-state index contributed by atoms with van der Waals surface area (Å²) in [6, 6.07) is 18.6. The van der Waals surface area contributed by atoms with E-state index in [-0.39, 0.29) is 23.2 Å². The summed E-state index contributed by atoms with van der Waals surface area (Å²) in [6.07, 6.45) is 0. The number of aryl methyl sites for hydroxylation is 2. The van der Waals surface area contributed by atoms with Crippen LogP contribution in [0.4, 0.5) is 11.4 Å². The quantitative estimate of drug-likeness (QED) is 0.526. The highest BCUT2D eigenvalue weighted by Gasteiger charge is 2.23. The average Bonchev–Trinajstić information content (AvgIpc) is 2.81. The normalized spacial score (nSPS) is 10.5. The molecule has 1 heterocycles. The van der Waals surface area contributed by atoms with Crippen LogP contribution in [0.5, 0.6) is 5.75 Å². The van der Waals surface area contributed by atoms with Crippen molar-refractivity contribution in [1.29, 1.82) is 0 Å². The summed E-state index contributed by atoms with van der Waals surface area (Å²) in [6.45, 7) is 8.73. The van der Waals surface area contributed by atoms with Crippen molar-refractivity contribution in [2.45, 2.75) is 27.7 Å². The predicted octanol–water partition coefficient (Wildman–Crippen LogP) is 5.04. The molecule has 0 aliphatic rings. The average molecular weight is 432 g/mol. The summed E-state index contributed by atoms with van der Waals surface area (Å²) in [5.74, 6) is -0.169. The second-order valence-corrected chi connectivity index (χ2v) is 7.55. The van der Waals surface area contributed by atoms with Gasteiger partial charge in [0.1, 0.15) is 17.1 Å². The van der Waals surface area contributed by atoms with Gasteiger partial charge in [0.15, 0.2) is 0 Å². The Balaban J connectivity index is 1.98. The molecule has 0 radical (unpaired) electrons. The lowest BCUT2D eigenvalue weighted by Gasteiger charge is -2.23. The van der Waals surface area contributed by atoms with E-state index in [4.69, 9.17) is 4.74 Å². The van der Waals surface area contributed by atoms with Crippen LogP contribution in [-0.2, 0) is 0 Å². The lowest BCUT2D eigenvalue weighted by molar-refractivity contribution is 0.0978. The molecule has 0 N–H and O–H groups in total. The third-order valence-electron chi connectivity index (χ3n) is 5.29. The highest BCUT2D eigenvalue weighted by molar-refractivity contribution is 6.08. The molecule has 0 fully saturated rings. The second kappa shape index (κ2) is 10.1. The van der Waals surface area contributed by atoms with Crippen LogP contribution in [0.3, 0.4) is 0 Å². The number of aromatic nitrogens is 1. The molecule has 2 amide bonds. The van der Waals surface area contributed by atoms with Crippen molar-refractivity contribution in [1.82, 2.24) is 4.98 Å². The van der Waals surface area contributed by atoms with Gasteiger partial charge in [0, 0.05) is 36.6 Å². The van der Waals surface area contributed by atoms with Gasteiger partial charge in [-0.15, -0.1) is 0 Å². The van der Waals surface area contributed by atoms with E-state index in [1.807, 2.05) is 76.2 Å². The number of carbonyl (C=O) groups is 2. The molecule has 0 saturated heterocycles. The first kappa shape index (κ1) is 23.0. The van der Waals surface area contributed by atoms with Crippen LogP contribution in [-0.4, -0.2) is 37.0 Å². The van der Waals surface area contributed by atoms with Gasteiger partial charge in [-0.2, -0.15) is 0 Å². The zero-order valence-corrected chi connectivity index (χ0v) is 19.3. The lowest BCUT2D eigenvalue weighted by atomic mass is 10.1. The molecule has 0 unspecified atom stereocenters. The fourth-order valence-electron chi connectivity index (χ4n) is 3.46. The Bertz CT molecular complexity index is 1010. The molecular formula is C26H29N3O3. The highest BCUT2D eigenvalue weighted by Crippen LogP contribution is 2.23. The van der Waals surface area contributed by atoms with Crippen molar-refractivity contribution >= 4 is 23.2 Å². The Morgan fingerprint density at radius 2 is 1.12 bits per heavy atom. The van der Waals surface area contributed by atoms with E-state index >= 15 is 0 Å². The lowest BCUT2D eigenvalue weighted by Crippen LogP contribution is -2.34. The van der Waals surface area contributed by atoms with Gasteiger partial charge in [-0.05, 0) is 52.0 Å². The number of amides is 2. The molecule has 3 aromatic rings. The summed E-state index contributed by atoms with van der Waals surface area (Å²) in [5, 5.41) is 0. The van der Waals surface area contributed by atoms with Gasteiger partial charge in [-0.1, -0.05) is 35.4 Å². The molecule has 0 saturated carbocycles. The number of pyridine rings is 1. The zero-order chi connectivity index (χ0) is 23.3. The number of carbonyl (C=O) groups excluding carboxylic acids is 2. The number of methoxy groups -OCH3 is 1. The maximum atomic E-state index is 13.3. The molecule has 2 aromatic carbocycles. The van der Waals surface area contributed by atoms with Crippen molar-refractivity contribution in [2.24, 2.45) is 0 Å². The largest absolute Gasteiger partial charge is 0.497 e. The first-order chi connectivity index (χ1) is 15.4. The summed E-state index contributed by atoms with van der Waals surface area (Å²) in [5.41, 5.74) is 4.09. The van der Waals surface area contributed by atoms with Gasteiger partial charge < -0.3 is 14.5 Å². The first-order valence-electron chi connectivity index (χ1n) is 10.7. The first-order valence-corrected chi connectivity index (χ1v) is 10.7. The van der Waals surface area contributed by atoms with Crippen molar-refractivity contribution in [3.8, 4) is 5.75 Å². The molecular weight excluding hydrogens is 402 g/mol. The van der Waals surface area contributed by atoms with Gasteiger partial charge >= 0.3 is 0 Å². The highest BCUT2D eigenvalue weighted by atomic mass is 16.5. The fourth-order valence-corrected chi connectivity index (χ4v) is 3.46. The molecule has 0 aliphatic carbocycles. The van der Waals surface area contributed by atoms with E-state index < -0.39 is 0 Å². The Morgan fingerprint density at radius 3 is 1.44 bits per heavy atom. The second-order valence-electron chi connectivity index (χ2n) is 7.55. The third kappa shape index (κ3) is 4.97. The molecule has 0 bridgehead atoms. The van der Waals surface area contributed by atoms with Crippen LogP contribution in [0.1, 0.15) is 46.0 Å². The maximum absolute atomic E-state index is 13.3. The van der Waals surface area contributed by atoms with Gasteiger partial charge in [-0.3, -0.25) is 9.59 Å². The van der Waals surface area contributed by atoms with Crippen molar-refractivity contribution in [3.05, 3.63) is 83.2 Å². The summed E-state index contributed by atoms with van der Waals surface area (Å²) in [4.78, 5) is 34.4. The fraction of sp³-hybridized carbons (Fsp3) is 0.269. The standard InChI is InChI=1S/C26H29N3O3/c1-6-28(20-12-8-18(3)9-13-20)25(30)23-16-22(32-5)17-24(27-23)26(31)29(7-2)21-14-10-19(4)11-15-21/h8-17H,6-7H2,1-5H3. The molecule has 6 nitrogen and oxygen atoms in total. The Labute approximate surface area is 189 Å². The molecule has 0 atom stereocenters. The molecule has 166 valence electrons. The van der Waals surface area contributed by atoms with E-state index in [0.717, 1.165) is 22.5 Å². The molecule has 6 heteroatoms. The van der Waals surface area contributed by atoms with Crippen molar-refractivity contribution in [2.75, 3.05) is 30.0 Å². The van der Waals surface area contributed by atoms with E-state index in [0.29, 0.717) is 18.8 Å². The van der Waals surface area contributed by atoms with E-state index in [1.165, 1.54) is 7.11 Å². The number of hydrogen-bond acceptors (Lipinski definition) is 4. The minimum absolute atomic E-state index is 0.162. The van der Waals surface area contributed by atoms with Crippen LogP contribution >= 0.6 is 0 Å². The Kier molecular flexibility index (Phi) is 7.25. The van der Waals surface area contributed by atoms with Crippen LogP contribution in [0.15, 0.2) is 60.7 Å². The van der Waals surface area contributed by atoms with E-state index in [1.54, 1.807) is 21.9 Å². The van der Waals surface area contributed by atoms with Crippen LogP contribution in [0, 0.1) is 13.8 Å².